The average molecular weight is 219 g/mol. The highest BCUT2D eigenvalue weighted by atomic mass is 16.5. The molecule has 2 heterocycles. The number of imidazole rings is 1. The van der Waals surface area contributed by atoms with Gasteiger partial charge in [-0.25, -0.2) is 9.97 Å². The molecule has 2 aromatic rings. The first-order valence-corrected chi connectivity index (χ1v) is 5.40. The molecule has 0 atom stereocenters. The van der Waals surface area contributed by atoms with Crippen molar-refractivity contribution in [1.29, 1.82) is 0 Å². The van der Waals surface area contributed by atoms with Gasteiger partial charge in [-0.15, -0.1) is 0 Å². The first-order valence-electron chi connectivity index (χ1n) is 5.40. The van der Waals surface area contributed by atoms with Crippen LogP contribution in [0, 0.1) is 6.92 Å². The van der Waals surface area contributed by atoms with Gasteiger partial charge < -0.3 is 9.72 Å². The molecule has 0 bridgehead atoms. The standard InChI is InChI=1S/C12H17N3O/c1-8-5-6-9-11(13-8)15-10(14-9)7-16-12(2,3)4/h5-6H,7H2,1-4H3,(H,13,14,15). The van der Waals surface area contributed by atoms with E-state index in [4.69, 9.17) is 4.74 Å². The zero-order valence-electron chi connectivity index (χ0n) is 10.2. The van der Waals surface area contributed by atoms with Crippen LogP contribution in [0.3, 0.4) is 0 Å². The second-order valence-corrected chi connectivity index (χ2v) is 4.91. The van der Waals surface area contributed by atoms with Gasteiger partial charge in [0.15, 0.2) is 5.65 Å². The molecule has 0 saturated heterocycles. The van der Waals surface area contributed by atoms with E-state index in [0.717, 1.165) is 22.7 Å². The largest absolute Gasteiger partial charge is 0.368 e. The SMILES string of the molecule is Cc1ccc2[nH]c(COC(C)(C)C)nc2n1. The van der Waals surface area contributed by atoms with Gasteiger partial charge in [-0.1, -0.05) is 0 Å². The monoisotopic (exact) mass is 219 g/mol. The molecule has 0 aliphatic rings. The van der Waals surface area contributed by atoms with E-state index in [-0.39, 0.29) is 5.60 Å². The van der Waals surface area contributed by atoms with Gasteiger partial charge in [0, 0.05) is 5.69 Å². The van der Waals surface area contributed by atoms with Crippen molar-refractivity contribution in [2.24, 2.45) is 0 Å². The van der Waals surface area contributed by atoms with E-state index < -0.39 is 0 Å². The third-order valence-electron chi connectivity index (χ3n) is 2.18. The van der Waals surface area contributed by atoms with E-state index >= 15 is 0 Å². The van der Waals surface area contributed by atoms with Crippen LogP contribution in [-0.4, -0.2) is 20.6 Å². The molecule has 4 heteroatoms. The molecule has 0 aliphatic carbocycles. The molecule has 0 saturated carbocycles. The van der Waals surface area contributed by atoms with E-state index in [2.05, 4.69) is 15.0 Å². The summed E-state index contributed by atoms with van der Waals surface area (Å²) in [4.78, 5) is 11.9. The summed E-state index contributed by atoms with van der Waals surface area (Å²) in [6, 6.07) is 3.96. The second-order valence-electron chi connectivity index (χ2n) is 4.91. The summed E-state index contributed by atoms with van der Waals surface area (Å²) < 4.78 is 5.65. The molecule has 2 aromatic heterocycles. The van der Waals surface area contributed by atoms with Crippen LogP contribution in [0.5, 0.6) is 0 Å². The summed E-state index contributed by atoms with van der Waals surface area (Å²) in [5, 5.41) is 0. The van der Waals surface area contributed by atoms with Gasteiger partial charge in [0.05, 0.1) is 11.1 Å². The molecular formula is C12H17N3O. The summed E-state index contributed by atoms with van der Waals surface area (Å²) in [5.74, 6) is 0.822. The fourth-order valence-corrected chi connectivity index (χ4v) is 1.39. The van der Waals surface area contributed by atoms with Crippen LogP contribution in [0.2, 0.25) is 0 Å². The number of aromatic nitrogens is 3. The van der Waals surface area contributed by atoms with Crippen LogP contribution in [0.15, 0.2) is 12.1 Å². The second kappa shape index (κ2) is 3.87. The van der Waals surface area contributed by atoms with E-state index in [1.807, 2.05) is 39.8 Å². The number of pyridine rings is 1. The summed E-state index contributed by atoms with van der Waals surface area (Å²) in [5.41, 5.74) is 2.54. The van der Waals surface area contributed by atoms with Crippen molar-refractivity contribution in [1.82, 2.24) is 15.0 Å². The maximum absolute atomic E-state index is 5.65. The van der Waals surface area contributed by atoms with Crippen LogP contribution in [0.25, 0.3) is 11.2 Å². The lowest BCUT2D eigenvalue weighted by molar-refractivity contribution is -0.0177. The number of aromatic amines is 1. The van der Waals surface area contributed by atoms with Crippen LogP contribution in [-0.2, 0) is 11.3 Å². The molecule has 2 rings (SSSR count). The predicted molar refractivity (Wildman–Crippen MR) is 63.2 cm³/mol. The average Bonchev–Trinajstić information content (AvgIpc) is 2.55. The molecule has 16 heavy (non-hydrogen) atoms. The minimum Gasteiger partial charge on any atom is -0.368 e. The Balaban J connectivity index is 2.20. The van der Waals surface area contributed by atoms with E-state index in [1.54, 1.807) is 0 Å². The normalized spacial score (nSPS) is 12.2. The van der Waals surface area contributed by atoms with Gasteiger partial charge in [-0.3, -0.25) is 0 Å². The van der Waals surface area contributed by atoms with Crippen molar-refractivity contribution >= 4 is 11.2 Å². The van der Waals surface area contributed by atoms with Crippen molar-refractivity contribution < 1.29 is 4.74 Å². The summed E-state index contributed by atoms with van der Waals surface area (Å²) in [7, 11) is 0. The quantitative estimate of drug-likeness (QED) is 0.844. The Labute approximate surface area is 95.1 Å². The Bertz CT molecular complexity index is 496. The van der Waals surface area contributed by atoms with Gasteiger partial charge in [0.2, 0.25) is 0 Å². The van der Waals surface area contributed by atoms with Crippen LogP contribution in [0.1, 0.15) is 32.3 Å². The maximum Gasteiger partial charge on any atom is 0.178 e. The number of fused-ring (bicyclic) bond motifs is 1. The van der Waals surface area contributed by atoms with Crippen molar-refractivity contribution in [3.63, 3.8) is 0 Å². The molecule has 0 amide bonds. The minimum absolute atomic E-state index is 0.150. The molecule has 86 valence electrons. The Morgan fingerprint density at radius 2 is 2.00 bits per heavy atom. The number of rotatable bonds is 2. The molecule has 1 N–H and O–H groups in total. The highest BCUT2D eigenvalue weighted by Crippen LogP contribution is 2.13. The molecule has 0 fully saturated rings. The molecular weight excluding hydrogens is 202 g/mol. The van der Waals surface area contributed by atoms with E-state index in [0.29, 0.717) is 6.61 Å². The lowest BCUT2D eigenvalue weighted by Crippen LogP contribution is -2.19. The lowest BCUT2D eigenvalue weighted by atomic mass is 10.2. The van der Waals surface area contributed by atoms with Gasteiger partial charge in [-0.05, 0) is 39.8 Å². The minimum atomic E-state index is -0.150. The van der Waals surface area contributed by atoms with Crippen molar-refractivity contribution in [3.05, 3.63) is 23.7 Å². The number of hydrogen-bond acceptors (Lipinski definition) is 3. The van der Waals surface area contributed by atoms with Crippen molar-refractivity contribution in [2.75, 3.05) is 0 Å². The van der Waals surface area contributed by atoms with Crippen molar-refractivity contribution in [2.45, 2.75) is 39.9 Å². The molecule has 0 aromatic carbocycles. The molecule has 0 radical (unpaired) electrons. The number of hydrogen-bond donors (Lipinski definition) is 1. The van der Waals surface area contributed by atoms with E-state index in [1.165, 1.54) is 0 Å². The van der Waals surface area contributed by atoms with E-state index in [9.17, 15) is 0 Å². The Hall–Kier alpha value is -1.42. The van der Waals surface area contributed by atoms with Crippen LogP contribution >= 0.6 is 0 Å². The number of aryl methyl sites for hydroxylation is 1. The van der Waals surface area contributed by atoms with Crippen molar-refractivity contribution in [3.8, 4) is 0 Å². The Morgan fingerprint density at radius 3 is 2.69 bits per heavy atom. The van der Waals surface area contributed by atoms with Gasteiger partial charge in [0.1, 0.15) is 12.4 Å². The molecule has 0 aliphatic heterocycles. The first kappa shape index (κ1) is 11.1. The zero-order chi connectivity index (χ0) is 11.8. The summed E-state index contributed by atoms with van der Waals surface area (Å²) in [6.45, 7) is 8.52. The first-order chi connectivity index (χ1) is 7.44. The topological polar surface area (TPSA) is 50.8 Å². The predicted octanol–water partition coefficient (Wildman–Crippen LogP) is 2.58. The number of nitrogens with zero attached hydrogens (tertiary/aromatic N) is 2. The maximum atomic E-state index is 5.65. The Kier molecular flexibility index (Phi) is 2.68. The third-order valence-corrected chi connectivity index (χ3v) is 2.18. The molecule has 0 unspecified atom stereocenters. The number of ether oxygens (including phenoxy) is 1. The zero-order valence-corrected chi connectivity index (χ0v) is 10.2. The summed E-state index contributed by atoms with van der Waals surface area (Å²) in [6.07, 6.45) is 0. The third kappa shape index (κ3) is 2.58. The van der Waals surface area contributed by atoms with Gasteiger partial charge in [0.25, 0.3) is 0 Å². The van der Waals surface area contributed by atoms with Crippen LogP contribution < -0.4 is 0 Å². The highest BCUT2D eigenvalue weighted by Gasteiger charge is 2.12. The van der Waals surface area contributed by atoms with Gasteiger partial charge in [-0.2, -0.15) is 0 Å². The highest BCUT2D eigenvalue weighted by molar-refractivity contribution is 5.70. The van der Waals surface area contributed by atoms with Crippen LogP contribution in [0.4, 0.5) is 0 Å². The fourth-order valence-electron chi connectivity index (χ4n) is 1.39. The Morgan fingerprint density at radius 1 is 1.25 bits per heavy atom. The smallest absolute Gasteiger partial charge is 0.178 e. The fraction of sp³-hybridized carbons (Fsp3) is 0.500. The molecule has 4 nitrogen and oxygen atoms in total. The number of nitrogens with one attached hydrogen (secondary N) is 1. The van der Waals surface area contributed by atoms with Gasteiger partial charge >= 0.3 is 0 Å². The molecule has 0 spiro atoms. The summed E-state index contributed by atoms with van der Waals surface area (Å²) >= 11 is 0. The lowest BCUT2D eigenvalue weighted by Gasteiger charge is -2.18. The number of H-pyrrole nitrogens is 1.